The number of hydrogen-bond donors (Lipinski definition) is 1. The van der Waals surface area contributed by atoms with Gasteiger partial charge >= 0.3 is 0 Å². The van der Waals surface area contributed by atoms with E-state index in [1.165, 1.54) is 0 Å². The van der Waals surface area contributed by atoms with E-state index in [-0.39, 0.29) is 5.91 Å². The van der Waals surface area contributed by atoms with Crippen molar-refractivity contribution in [3.05, 3.63) is 40.7 Å². The minimum absolute atomic E-state index is 0.114. The predicted molar refractivity (Wildman–Crippen MR) is 65.7 cm³/mol. The molecule has 0 fully saturated rings. The van der Waals surface area contributed by atoms with Gasteiger partial charge in [0.2, 0.25) is 0 Å². The third-order valence-corrected chi connectivity index (χ3v) is 2.21. The molecular formula is C12H15ClN2O. The molecule has 0 saturated heterocycles. The van der Waals surface area contributed by atoms with E-state index in [1.807, 2.05) is 26.0 Å². The van der Waals surface area contributed by atoms with Crippen LogP contribution < -0.4 is 5.32 Å². The van der Waals surface area contributed by atoms with Crippen LogP contribution in [-0.4, -0.2) is 17.4 Å². The molecule has 1 amide bonds. The molecule has 0 aliphatic heterocycles. The summed E-state index contributed by atoms with van der Waals surface area (Å²) in [5.74, 6) is -0.114. The lowest BCUT2D eigenvalue weighted by Gasteiger charge is -2.04. The first kappa shape index (κ1) is 12.7. The summed E-state index contributed by atoms with van der Waals surface area (Å²) in [4.78, 5) is 15.7. The SMILES string of the molecule is C/C=C/CCNC(=O)c1cc(C)nc(Cl)c1. The molecule has 1 rings (SSSR count). The number of nitrogens with one attached hydrogen (secondary N) is 1. The molecule has 0 unspecified atom stereocenters. The van der Waals surface area contributed by atoms with Gasteiger partial charge in [0, 0.05) is 17.8 Å². The Morgan fingerprint density at radius 1 is 1.56 bits per heavy atom. The van der Waals surface area contributed by atoms with Crippen LogP contribution in [0.15, 0.2) is 24.3 Å². The Balaban J connectivity index is 2.59. The Labute approximate surface area is 101 Å². The summed E-state index contributed by atoms with van der Waals surface area (Å²) in [6.45, 7) is 4.39. The molecule has 0 atom stereocenters. The normalized spacial score (nSPS) is 10.7. The van der Waals surface area contributed by atoms with E-state index in [1.54, 1.807) is 12.1 Å². The summed E-state index contributed by atoms with van der Waals surface area (Å²) in [6, 6.07) is 3.29. The first-order valence-corrected chi connectivity index (χ1v) is 5.55. The molecule has 0 bridgehead atoms. The van der Waals surface area contributed by atoms with E-state index in [2.05, 4.69) is 10.3 Å². The number of hydrogen-bond acceptors (Lipinski definition) is 2. The third kappa shape index (κ3) is 4.03. The summed E-state index contributed by atoms with van der Waals surface area (Å²) in [5, 5.41) is 3.16. The van der Waals surface area contributed by atoms with Crippen molar-refractivity contribution in [2.45, 2.75) is 20.3 Å². The summed E-state index contributed by atoms with van der Waals surface area (Å²) >= 11 is 5.78. The van der Waals surface area contributed by atoms with Crippen molar-refractivity contribution in [3.8, 4) is 0 Å². The Morgan fingerprint density at radius 3 is 2.94 bits per heavy atom. The van der Waals surface area contributed by atoms with Crippen LogP contribution in [0.1, 0.15) is 29.4 Å². The highest BCUT2D eigenvalue weighted by molar-refractivity contribution is 6.29. The molecule has 0 aliphatic carbocycles. The second kappa shape index (κ2) is 6.28. The maximum atomic E-state index is 11.7. The number of carbonyl (C=O) groups excluding carboxylic acids is 1. The van der Waals surface area contributed by atoms with E-state index in [0.717, 1.165) is 12.1 Å². The first-order valence-electron chi connectivity index (χ1n) is 5.17. The molecule has 86 valence electrons. The van der Waals surface area contributed by atoms with Gasteiger partial charge in [-0.15, -0.1) is 0 Å². The zero-order valence-electron chi connectivity index (χ0n) is 9.46. The van der Waals surface area contributed by atoms with Crippen molar-refractivity contribution >= 4 is 17.5 Å². The maximum Gasteiger partial charge on any atom is 0.251 e. The van der Waals surface area contributed by atoms with E-state index < -0.39 is 0 Å². The third-order valence-electron chi connectivity index (χ3n) is 2.02. The molecular weight excluding hydrogens is 224 g/mol. The average Bonchev–Trinajstić information content (AvgIpc) is 2.22. The molecule has 0 aliphatic rings. The number of nitrogens with zero attached hydrogens (tertiary/aromatic N) is 1. The van der Waals surface area contributed by atoms with Crippen molar-refractivity contribution < 1.29 is 4.79 Å². The zero-order chi connectivity index (χ0) is 12.0. The van der Waals surface area contributed by atoms with Gasteiger partial charge in [-0.1, -0.05) is 23.8 Å². The van der Waals surface area contributed by atoms with Crippen LogP contribution in [0.25, 0.3) is 0 Å². The Hall–Kier alpha value is -1.35. The molecule has 16 heavy (non-hydrogen) atoms. The lowest BCUT2D eigenvalue weighted by molar-refractivity contribution is 0.0954. The van der Waals surface area contributed by atoms with E-state index in [4.69, 9.17) is 11.6 Å². The standard InChI is InChI=1S/C12H15ClN2O/c1-3-4-5-6-14-12(16)10-7-9(2)15-11(13)8-10/h3-4,7-8H,5-6H2,1-2H3,(H,14,16)/b4-3+. The minimum atomic E-state index is -0.114. The largest absolute Gasteiger partial charge is 0.352 e. The first-order chi connectivity index (χ1) is 7.63. The van der Waals surface area contributed by atoms with Gasteiger partial charge in [-0.3, -0.25) is 4.79 Å². The van der Waals surface area contributed by atoms with Gasteiger partial charge in [0.25, 0.3) is 5.91 Å². The number of allylic oxidation sites excluding steroid dienone is 1. The minimum Gasteiger partial charge on any atom is -0.352 e. The highest BCUT2D eigenvalue weighted by Gasteiger charge is 2.06. The van der Waals surface area contributed by atoms with Gasteiger partial charge in [0.1, 0.15) is 5.15 Å². The van der Waals surface area contributed by atoms with Crippen molar-refractivity contribution in [2.24, 2.45) is 0 Å². The molecule has 0 radical (unpaired) electrons. The van der Waals surface area contributed by atoms with Gasteiger partial charge in [-0.05, 0) is 32.4 Å². The van der Waals surface area contributed by atoms with Crippen molar-refractivity contribution in [1.82, 2.24) is 10.3 Å². The highest BCUT2D eigenvalue weighted by atomic mass is 35.5. The van der Waals surface area contributed by atoms with E-state index in [0.29, 0.717) is 17.3 Å². The van der Waals surface area contributed by atoms with Crippen molar-refractivity contribution in [1.29, 1.82) is 0 Å². The predicted octanol–water partition coefficient (Wildman–Crippen LogP) is 2.74. The zero-order valence-corrected chi connectivity index (χ0v) is 10.2. The van der Waals surface area contributed by atoms with Gasteiger partial charge in [0.15, 0.2) is 0 Å². The number of aromatic nitrogens is 1. The fourth-order valence-electron chi connectivity index (χ4n) is 1.30. The fraction of sp³-hybridized carbons (Fsp3) is 0.333. The molecule has 0 spiro atoms. The number of halogens is 1. The lowest BCUT2D eigenvalue weighted by atomic mass is 10.2. The van der Waals surface area contributed by atoms with Gasteiger partial charge in [-0.2, -0.15) is 0 Å². The van der Waals surface area contributed by atoms with Crippen molar-refractivity contribution in [3.63, 3.8) is 0 Å². The smallest absolute Gasteiger partial charge is 0.251 e. The van der Waals surface area contributed by atoms with Crippen LogP contribution in [-0.2, 0) is 0 Å². The van der Waals surface area contributed by atoms with Crippen LogP contribution >= 0.6 is 11.6 Å². The Kier molecular flexibility index (Phi) is 4.99. The number of carbonyl (C=O) groups is 1. The molecule has 1 aromatic heterocycles. The summed E-state index contributed by atoms with van der Waals surface area (Å²) < 4.78 is 0. The van der Waals surface area contributed by atoms with E-state index >= 15 is 0 Å². The molecule has 3 nitrogen and oxygen atoms in total. The maximum absolute atomic E-state index is 11.7. The topological polar surface area (TPSA) is 42.0 Å². The number of amides is 1. The van der Waals surface area contributed by atoms with Crippen LogP contribution in [0.2, 0.25) is 5.15 Å². The van der Waals surface area contributed by atoms with Gasteiger partial charge in [-0.25, -0.2) is 4.98 Å². The highest BCUT2D eigenvalue weighted by Crippen LogP contribution is 2.10. The molecule has 0 aromatic carbocycles. The summed E-state index contributed by atoms with van der Waals surface area (Å²) in [5.41, 5.74) is 1.30. The van der Waals surface area contributed by atoms with Gasteiger partial charge < -0.3 is 5.32 Å². The van der Waals surface area contributed by atoms with Crippen LogP contribution in [0, 0.1) is 6.92 Å². The molecule has 1 heterocycles. The monoisotopic (exact) mass is 238 g/mol. The Bertz CT molecular complexity index is 382. The molecule has 0 saturated carbocycles. The summed E-state index contributed by atoms with van der Waals surface area (Å²) in [6.07, 6.45) is 4.80. The van der Waals surface area contributed by atoms with Gasteiger partial charge in [0.05, 0.1) is 0 Å². The second-order valence-corrected chi connectivity index (χ2v) is 3.82. The molecule has 1 N–H and O–H groups in total. The van der Waals surface area contributed by atoms with Crippen LogP contribution in [0.3, 0.4) is 0 Å². The van der Waals surface area contributed by atoms with Crippen LogP contribution in [0.5, 0.6) is 0 Å². The molecule has 1 aromatic rings. The second-order valence-electron chi connectivity index (χ2n) is 3.43. The average molecular weight is 239 g/mol. The quantitative estimate of drug-likeness (QED) is 0.498. The number of aryl methyl sites for hydroxylation is 1. The summed E-state index contributed by atoms with van der Waals surface area (Å²) in [7, 11) is 0. The van der Waals surface area contributed by atoms with Crippen LogP contribution in [0.4, 0.5) is 0 Å². The number of rotatable bonds is 4. The molecule has 4 heteroatoms. The fourth-order valence-corrected chi connectivity index (χ4v) is 1.55. The van der Waals surface area contributed by atoms with E-state index in [9.17, 15) is 4.79 Å². The number of pyridine rings is 1. The Morgan fingerprint density at radius 2 is 2.31 bits per heavy atom. The van der Waals surface area contributed by atoms with Crippen molar-refractivity contribution in [2.75, 3.05) is 6.54 Å². The lowest BCUT2D eigenvalue weighted by Crippen LogP contribution is -2.24.